The van der Waals surface area contributed by atoms with Crippen molar-refractivity contribution in [2.45, 2.75) is 13.3 Å². The lowest BCUT2D eigenvalue weighted by Gasteiger charge is -2.04. The highest BCUT2D eigenvalue weighted by molar-refractivity contribution is 5.87. The van der Waals surface area contributed by atoms with Gasteiger partial charge in [0, 0.05) is 18.8 Å². The van der Waals surface area contributed by atoms with E-state index in [2.05, 4.69) is 9.97 Å². The number of rotatable bonds is 4. The van der Waals surface area contributed by atoms with Crippen LogP contribution in [0.1, 0.15) is 12.5 Å². The molecule has 0 aliphatic heterocycles. The van der Waals surface area contributed by atoms with E-state index in [0.717, 1.165) is 0 Å². The summed E-state index contributed by atoms with van der Waals surface area (Å²) >= 11 is 0. The molecule has 6 nitrogen and oxygen atoms in total. The first-order valence-electron chi connectivity index (χ1n) is 4.51. The number of hydrogen-bond donors (Lipinski definition) is 2. The van der Waals surface area contributed by atoms with Crippen molar-refractivity contribution in [3.05, 3.63) is 29.3 Å². The van der Waals surface area contributed by atoms with Gasteiger partial charge in [-0.3, -0.25) is 0 Å². The van der Waals surface area contributed by atoms with Crippen molar-refractivity contribution in [3.8, 4) is 6.01 Å². The van der Waals surface area contributed by atoms with Crippen LogP contribution in [0.25, 0.3) is 0 Å². The third-order valence-corrected chi connectivity index (χ3v) is 1.94. The second-order valence-corrected chi connectivity index (χ2v) is 3.12. The van der Waals surface area contributed by atoms with Gasteiger partial charge in [0.1, 0.15) is 0 Å². The number of hydrogen-bond acceptors (Lipinski definition) is 5. The molecule has 1 heterocycles. The number of nitrogens with zero attached hydrogens (tertiary/aromatic N) is 2. The van der Waals surface area contributed by atoms with Gasteiger partial charge in [-0.1, -0.05) is 0 Å². The van der Waals surface area contributed by atoms with Crippen LogP contribution in [0, 0.1) is 0 Å². The lowest BCUT2D eigenvalue weighted by molar-refractivity contribution is -0.132. The maximum absolute atomic E-state index is 10.8. The summed E-state index contributed by atoms with van der Waals surface area (Å²) < 4.78 is 4.77. The molecule has 0 atom stereocenters. The topological polar surface area (TPSA) is 92.5 Å². The van der Waals surface area contributed by atoms with Gasteiger partial charge >= 0.3 is 12.0 Å². The Labute approximate surface area is 92.2 Å². The number of carboxylic acid groups (broad SMARTS) is 1. The molecule has 1 aromatic rings. The number of carbonyl (C=O) groups is 1. The van der Waals surface area contributed by atoms with Gasteiger partial charge in [-0.2, -0.15) is 0 Å². The summed E-state index contributed by atoms with van der Waals surface area (Å²) in [6.45, 7) is 1.33. The Kier molecular flexibility index (Phi) is 3.82. The van der Waals surface area contributed by atoms with E-state index in [1.165, 1.54) is 26.4 Å². The quantitative estimate of drug-likeness (QED) is 0.584. The molecular formula is C10H12N2O4. The second-order valence-electron chi connectivity index (χ2n) is 3.12. The van der Waals surface area contributed by atoms with Gasteiger partial charge in [0.25, 0.3) is 0 Å². The van der Waals surface area contributed by atoms with Crippen molar-refractivity contribution >= 4 is 5.97 Å². The average Bonchev–Trinajstić information content (AvgIpc) is 2.25. The molecule has 1 rings (SSSR count). The number of aromatic nitrogens is 2. The van der Waals surface area contributed by atoms with Gasteiger partial charge in [-0.05, 0) is 12.5 Å². The molecule has 0 bridgehead atoms. The van der Waals surface area contributed by atoms with E-state index in [9.17, 15) is 9.90 Å². The van der Waals surface area contributed by atoms with Crippen molar-refractivity contribution in [2.75, 3.05) is 7.11 Å². The fourth-order valence-electron chi connectivity index (χ4n) is 1.10. The minimum Gasteiger partial charge on any atom is -0.512 e. The number of ether oxygens (including phenoxy) is 1. The second kappa shape index (κ2) is 5.11. The van der Waals surface area contributed by atoms with Crippen LogP contribution in [-0.4, -0.2) is 33.3 Å². The van der Waals surface area contributed by atoms with Crippen molar-refractivity contribution in [3.63, 3.8) is 0 Å². The molecule has 0 aromatic carbocycles. The summed E-state index contributed by atoms with van der Waals surface area (Å²) in [5.74, 6) is -1.38. The van der Waals surface area contributed by atoms with Crippen LogP contribution in [0.4, 0.5) is 0 Å². The first-order valence-corrected chi connectivity index (χ1v) is 4.51. The van der Waals surface area contributed by atoms with E-state index in [4.69, 9.17) is 9.84 Å². The van der Waals surface area contributed by atoms with Crippen LogP contribution in [0.3, 0.4) is 0 Å². The molecule has 0 fully saturated rings. The Balaban J connectivity index is 2.87. The van der Waals surface area contributed by atoms with Gasteiger partial charge in [0.2, 0.25) is 0 Å². The minimum absolute atomic E-state index is 0.0711. The Morgan fingerprint density at radius 3 is 2.31 bits per heavy atom. The highest BCUT2D eigenvalue weighted by Crippen LogP contribution is 2.11. The molecule has 1 aromatic heterocycles. The number of aliphatic carboxylic acids is 1. The smallest absolute Gasteiger partial charge is 0.335 e. The molecule has 0 saturated carbocycles. The molecule has 86 valence electrons. The largest absolute Gasteiger partial charge is 0.512 e. The zero-order valence-electron chi connectivity index (χ0n) is 8.97. The van der Waals surface area contributed by atoms with Crippen molar-refractivity contribution in [2.24, 2.45) is 0 Å². The predicted molar refractivity (Wildman–Crippen MR) is 55.3 cm³/mol. The van der Waals surface area contributed by atoms with Crippen LogP contribution < -0.4 is 4.74 Å². The predicted octanol–water partition coefficient (Wildman–Crippen LogP) is 0.944. The highest BCUT2D eigenvalue weighted by Gasteiger charge is 2.12. The van der Waals surface area contributed by atoms with Crippen LogP contribution in [0.2, 0.25) is 0 Å². The first kappa shape index (κ1) is 12.0. The Morgan fingerprint density at radius 2 is 1.94 bits per heavy atom. The zero-order valence-corrected chi connectivity index (χ0v) is 8.97. The molecule has 0 radical (unpaired) electrons. The van der Waals surface area contributed by atoms with Crippen LogP contribution in [0.15, 0.2) is 23.7 Å². The van der Waals surface area contributed by atoms with Gasteiger partial charge in [0.15, 0.2) is 0 Å². The maximum atomic E-state index is 10.8. The van der Waals surface area contributed by atoms with Gasteiger partial charge in [-0.25, -0.2) is 14.8 Å². The van der Waals surface area contributed by atoms with E-state index in [-0.39, 0.29) is 23.8 Å². The lowest BCUT2D eigenvalue weighted by atomic mass is 10.1. The number of carboxylic acids is 1. The summed E-state index contributed by atoms with van der Waals surface area (Å²) in [4.78, 5) is 18.5. The van der Waals surface area contributed by atoms with Crippen molar-refractivity contribution in [1.82, 2.24) is 9.97 Å². The SMILES string of the molecule is COc1ncc(C/C(C(=O)O)=C(\C)O)cn1. The number of aliphatic hydroxyl groups is 1. The molecule has 6 heteroatoms. The summed E-state index contributed by atoms with van der Waals surface area (Å²) in [7, 11) is 1.44. The van der Waals surface area contributed by atoms with Gasteiger partial charge < -0.3 is 14.9 Å². The van der Waals surface area contributed by atoms with Crippen molar-refractivity contribution < 1.29 is 19.7 Å². The third kappa shape index (κ3) is 2.94. The van der Waals surface area contributed by atoms with E-state index >= 15 is 0 Å². The van der Waals surface area contributed by atoms with Crippen LogP contribution in [-0.2, 0) is 11.2 Å². The number of allylic oxidation sites excluding steroid dienone is 1. The van der Waals surface area contributed by atoms with Crippen LogP contribution in [0.5, 0.6) is 6.01 Å². The first-order chi connectivity index (χ1) is 7.54. The number of methoxy groups -OCH3 is 1. The summed E-state index contributed by atoms with van der Waals surface area (Å²) in [5, 5.41) is 18.0. The Morgan fingerprint density at radius 1 is 1.38 bits per heavy atom. The molecule has 0 saturated heterocycles. The highest BCUT2D eigenvalue weighted by atomic mass is 16.5. The Bertz CT molecular complexity index is 407. The van der Waals surface area contributed by atoms with E-state index in [0.29, 0.717) is 5.56 Å². The van der Waals surface area contributed by atoms with E-state index in [1.54, 1.807) is 0 Å². The van der Waals surface area contributed by atoms with Crippen LogP contribution >= 0.6 is 0 Å². The molecule has 0 spiro atoms. The standard InChI is InChI=1S/C10H12N2O4/c1-6(13)8(9(14)15)3-7-4-11-10(16-2)12-5-7/h4-5,13H,3H2,1-2H3,(H,14,15)/b8-6-. The van der Waals surface area contributed by atoms with Gasteiger partial charge in [-0.15, -0.1) is 0 Å². The zero-order chi connectivity index (χ0) is 12.1. The fourth-order valence-corrected chi connectivity index (χ4v) is 1.10. The molecule has 16 heavy (non-hydrogen) atoms. The monoisotopic (exact) mass is 224 g/mol. The molecule has 0 unspecified atom stereocenters. The maximum Gasteiger partial charge on any atom is 0.335 e. The summed E-state index contributed by atoms with van der Waals surface area (Å²) in [5.41, 5.74) is 0.514. The molecular weight excluding hydrogens is 212 g/mol. The van der Waals surface area contributed by atoms with Crippen molar-refractivity contribution in [1.29, 1.82) is 0 Å². The minimum atomic E-state index is -1.16. The molecule has 0 amide bonds. The van der Waals surface area contributed by atoms with E-state index in [1.807, 2.05) is 0 Å². The fraction of sp³-hybridized carbons (Fsp3) is 0.300. The van der Waals surface area contributed by atoms with Gasteiger partial charge in [0.05, 0.1) is 18.4 Å². The summed E-state index contributed by atoms with van der Waals surface area (Å²) in [6, 6.07) is 0.213. The van der Waals surface area contributed by atoms with E-state index < -0.39 is 5.97 Å². The third-order valence-electron chi connectivity index (χ3n) is 1.94. The number of aliphatic hydroxyl groups excluding tert-OH is 1. The normalized spacial score (nSPS) is 11.9. The summed E-state index contributed by atoms with van der Waals surface area (Å²) in [6.07, 6.45) is 2.98. The molecule has 0 aliphatic carbocycles. The Hall–Kier alpha value is -2.11. The molecule has 0 aliphatic rings. The lowest BCUT2D eigenvalue weighted by Crippen LogP contribution is -2.07. The molecule has 2 N–H and O–H groups in total. The average molecular weight is 224 g/mol.